The Kier molecular flexibility index (Phi) is 3.55. The molecule has 2 atom stereocenters. The van der Waals surface area contributed by atoms with Crippen LogP contribution in [0.5, 0.6) is 0 Å². The van der Waals surface area contributed by atoms with Gasteiger partial charge in [-0.15, -0.1) is 0 Å². The minimum atomic E-state index is 0.878. The molecule has 0 aromatic heterocycles. The summed E-state index contributed by atoms with van der Waals surface area (Å²) in [5.41, 5.74) is 0. The average Bonchev–Trinajstić information content (AvgIpc) is 3.23. The summed E-state index contributed by atoms with van der Waals surface area (Å²) >= 11 is 0. The minimum Gasteiger partial charge on any atom is -0.314 e. The lowest BCUT2D eigenvalue weighted by Crippen LogP contribution is -2.65. The molecule has 0 aromatic rings. The first kappa shape index (κ1) is 12.6. The fraction of sp³-hybridized carbons (Fsp3) is 1.00. The summed E-state index contributed by atoms with van der Waals surface area (Å²) in [5, 5.41) is 3.46. The zero-order valence-electron chi connectivity index (χ0n) is 12.2. The van der Waals surface area contributed by atoms with Gasteiger partial charge in [0.25, 0.3) is 0 Å². The highest BCUT2D eigenvalue weighted by molar-refractivity contribution is 4.96. The highest BCUT2D eigenvalue weighted by Crippen LogP contribution is 2.45. The molecule has 1 N–H and O–H groups in total. The van der Waals surface area contributed by atoms with Crippen molar-refractivity contribution in [3.8, 4) is 0 Å². The number of hydrogen-bond acceptors (Lipinski definition) is 3. The summed E-state index contributed by atoms with van der Waals surface area (Å²) in [6.45, 7) is 7.67. The van der Waals surface area contributed by atoms with E-state index in [0.29, 0.717) is 0 Å². The molecule has 0 bridgehead atoms. The number of piperazine rings is 1. The van der Waals surface area contributed by atoms with Gasteiger partial charge >= 0.3 is 0 Å². The largest absolute Gasteiger partial charge is 0.314 e. The molecule has 2 saturated carbocycles. The third-order valence-electron chi connectivity index (χ3n) is 6.05. The van der Waals surface area contributed by atoms with Crippen LogP contribution in [-0.4, -0.2) is 61.2 Å². The van der Waals surface area contributed by atoms with Crippen LogP contribution in [0.2, 0.25) is 0 Å². The Hall–Kier alpha value is -0.120. The molecule has 2 saturated heterocycles. The molecule has 3 nitrogen and oxygen atoms in total. The van der Waals surface area contributed by atoms with E-state index in [0.717, 1.165) is 23.9 Å². The highest BCUT2D eigenvalue weighted by Gasteiger charge is 2.40. The van der Waals surface area contributed by atoms with Crippen molar-refractivity contribution < 1.29 is 0 Å². The third kappa shape index (κ3) is 2.70. The van der Waals surface area contributed by atoms with Crippen molar-refractivity contribution >= 4 is 0 Å². The van der Waals surface area contributed by atoms with Crippen molar-refractivity contribution in [3.63, 3.8) is 0 Å². The first-order valence-corrected chi connectivity index (χ1v) is 8.59. The number of likely N-dealkylation sites (tertiary alicyclic amines) is 1. The SMILES string of the molecule is C1CC(C2CC2)CC(N2CC(N3CCNCC3)C2)C1. The molecule has 4 fully saturated rings. The second-order valence-electron chi connectivity index (χ2n) is 7.31. The fourth-order valence-electron chi connectivity index (χ4n) is 4.59. The summed E-state index contributed by atoms with van der Waals surface area (Å²) in [5.74, 6) is 2.23. The monoisotopic (exact) mass is 263 g/mol. The van der Waals surface area contributed by atoms with Crippen molar-refractivity contribution in [1.29, 1.82) is 0 Å². The second-order valence-corrected chi connectivity index (χ2v) is 7.31. The van der Waals surface area contributed by atoms with Gasteiger partial charge in [0.2, 0.25) is 0 Å². The standard InChI is InChI=1S/C16H29N3/c1-2-14(13-4-5-13)10-15(3-1)19-11-16(12-19)18-8-6-17-7-9-18/h13-17H,1-12H2. The Morgan fingerprint density at radius 3 is 2.26 bits per heavy atom. The fourth-order valence-corrected chi connectivity index (χ4v) is 4.59. The van der Waals surface area contributed by atoms with E-state index in [1.807, 2.05) is 0 Å². The molecule has 4 rings (SSSR count). The molecule has 0 spiro atoms. The van der Waals surface area contributed by atoms with E-state index in [4.69, 9.17) is 0 Å². The number of rotatable bonds is 3. The molecule has 3 heteroatoms. The summed E-state index contributed by atoms with van der Waals surface area (Å²) < 4.78 is 0. The van der Waals surface area contributed by atoms with Crippen molar-refractivity contribution in [2.24, 2.45) is 11.8 Å². The van der Waals surface area contributed by atoms with Gasteiger partial charge in [0.1, 0.15) is 0 Å². The zero-order chi connectivity index (χ0) is 12.7. The van der Waals surface area contributed by atoms with Crippen LogP contribution in [0.25, 0.3) is 0 Å². The lowest BCUT2D eigenvalue weighted by molar-refractivity contribution is -0.0177. The molecular weight excluding hydrogens is 234 g/mol. The Morgan fingerprint density at radius 2 is 1.53 bits per heavy atom. The molecule has 0 aromatic carbocycles. The smallest absolute Gasteiger partial charge is 0.0351 e. The van der Waals surface area contributed by atoms with Crippen LogP contribution in [0, 0.1) is 11.8 Å². The van der Waals surface area contributed by atoms with Gasteiger partial charge in [-0.25, -0.2) is 0 Å². The molecule has 4 aliphatic rings. The Balaban J connectivity index is 1.25. The molecule has 2 unspecified atom stereocenters. The summed E-state index contributed by atoms with van der Waals surface area (Å²) in [6, 6.07) is 1.82. The van der Waals surface area contributed by atoms with Crippen LogP contribution in [0.3, 0.4) is 0 Å². The molecule has 2 aliphatic heterocycles. The van der Waals surface area contributed by atoms with E-state index in [1.54, 1.807) is 12.8 Å². The zero-order valence-corrected chi connectivity index (χ0v) is 12.2. The van der Waals surface area contributed by atoms with E-state index < -0.39 is 0 Å². The third-order valence-corrected chi connectivity index (χ3v) is 6.05. The van der Waals surface area contributed by atoms with Crippen LogP contribution in [0.4, 0.5) is 0 Å². The van der Waals surface area contributed by atoms with Gasteiger partial charge in [0.05, 0.1) is 0 Å². The van der Waals surface area contributed by atoms with Gasteiger partial charge in [-0.05, 0) is 37.5 Å². The number of nitrogens with one attached hydrogen (secondary N) is 1. The first-order chi connectivity index (χ1) is 9.40. The van der Waals surface area contributed by atoms with Crippen LogP contribution < -0.4 is 5.32 Å². The van der Waals surface area contributed by atoms with Crippen molar-refractivity contribution in [2.45, 2.75) is 50.6 Å². The predicted octanol–water partition coefficient (Wildman–Crippen LogP) is 1.54. The van der Waals surface area contributed by atoms with Crippen LogP contribution in [0.15, 0.2) is 0 Å². The predicted molar refractivity (Wildman–Crippen MR) is 78.3 cm³/mol. The van der Waals surface area contributed by atoms with Gasteiger partial charge < -0.3 is 5.32 Å². The van der Waals surface area contributed by atoms with E-state index in [9.17, 15) is 0 Å². The molecule has 0 amide bonds. The van der Waals surface area contributed by atoms with Crippen molar-refractivity contribution in [1.82, 2.24) is 15.1 Å². The van der Waals surface area contributed by atoms with Gasteiger partial charge in [-0.3, -0.25) is 9.80 Å². The van der Waals surface area contributed by atoms with Crippen molar-refractivity contribution in [2.75, 3.05) is 39.3 Å². The topological polar surface area (TPSA) is 18.5 Å². The van der Waals surface area contributed by atoms with Gasteiger partial charge in [-0.2, -0.15) is 0 Å². The maximum absolute atomic E-state index is 3.46. The lowest BCUT2D eigenvalue weighted by atomic mass is 9.81. The van der Waals surface area contributed by atoms with E-state index in [-0.39, 0.29) is 0 Å². The van der Waals surface area contributed by atoms with Crippen LogP contribution in [-0.2, 0) is 0 Å². The van der Waals surface area contributed by atoms with Crippen LogP contribution in [0.1, 0.15) is 38.5 Å². The summed E-state index contributed by atoms with van der Waals surface area (Å²) in [7, 11) is 0. The summed E-state index contributed by atoms with van der Waals surface area (Å²) in [4.78, 5) is 5.52. The minimum absolute atomic E-state index is 0.878. The second kappa shape index (κ2) is 5.34. The van der Waals surface area contributed by atoms with Gasteiger partial charge in [0.15, 0.2) is 0 Å². The van der Waals surface area contributed by atoms with E-state index >= 15 is 0 Å². The van der Waals surface area contributed by atoms with Crippen LogP contribution >= 0.6 is 0 Å². The van der Waals surface area contributed by atoms with E-state index in [2.05, 4.69) is 15.1 Å². The molecule has 0 radical (unpaired) electrons. The summed E-state index contributed by atoms with van der Waals surface area (Å²) in [6.07, 6.45) is 9.13. The maximum Gasteiger partial charge on any atom is 0.0351 e. The normalized spacial score (nSPS) is 39.2. The van der Waals surface area contributed by atoms with Gasteiger partial charge in [0, 0.05) is 51.4 Å². The Labute approximate surface area is 117 Å². The number of hydrogen-bond donors (Lipinski definition) is 1. The number of nitrogens with zero attached hydrogens (tertiary/aromatic N) is 2. The molecule has 2 aliphatic carbocycles. The Morgan fingerprint density at radius 1 is 0.737 bits per heavy atom. The lowest BCUT2D eigenvalue weighted by Gasteiger charge is -2.51. The first-order valence-electron chi connectivity index (χ1n) is 8.59. The molecule has 2 heterocycles. The average molecular weight is 263 g/mol. The quantitative estimate of drug-likeness (QED) is 0.833. The molecule has 19 heavy (non-hydrogen) atoms. The Bertz CT molecular complexity index is 303. The van der Waals surface area contributed by atoms with E-state index in [1.165, 1.54) is 65.0 Å². The van der Waals surface area contributed by atoms with Gasteiger partial charge in [-0.1, -0.05) is 12.8 Å². The molecule has 108 valence electrons. The molecular formula is C16H29N3. The van der Waals surface area contributed by atoms with Crippen molar-refractivity contribution in [3.05, 3.63) is 0 Å². The maximum atomic E-state index is 3.46. The highest BCUT2D eigenvalue weighted by atomic mass is 15.3.